The molecule has 0 spiro atoms. The number of benzene rings is 2. The number of hydrogen-bond donors (Lipinski definition) is 1. The summed E-state index contributed by atoms with van der Waals surface area (Å²) in [5, 5.41) is 3.00. The average Bonchev–Trinajstić information content (AvgIpc) is 3.37. The Bertz CT molecular complexity index is 874. The van der Waals surface area contributed by atoms with Gasteiger partial charge in [-0.25, -0.2) is 0 Å². The van der Waals surface area contributed by atoms with Crippen molar-refractivity contribution in [3.63, 3.8) is 0 Å². The molecule has 140 valence electrons. The number of nitrogens with one attached hydrogen (secondary N) is 1. The molecule has 4 rings (SSSR count). The summed E-state index contributed by atoms with van der Waals surface area (Å²) in [4.78, 5) is 28.5. The van der Waals surface area contributed by atoms with Gasteiger partial charge in [-0.2, -0.15) is 0 Å². The molecule has 2 aliphatic rings. The van der Waals surface area contributed by atoms with Crippen molar-refractivity contribution in [3.05, 3.63) is 53.6 Å². The standard InChI is InChI=1S/C22H24N2O2S/c1-27-20-9-5-4-8-18(20)21(25)23-17-11-10-15-12-13-24(19(15)14-17)22(26)16-6-2-3-7-16/h4-5,8-11,14,16H,2-3,6-7,12-13H2,1H3,(H,23,25). The summed E-state index contributed by atoms with van der Waals surface area (Å²) in [5.41, 5.74) is 3.55. The normalized spacial score (nSPS) is 16.4. The van der Waals surface area contributed by atoms with Crippen molar-refractivity contribution in [1.29, 1.82) is 0 Å². The Morgan fingerprint density at radius 2 is 1.89 bits per heavy atom. The zero-order valence-electron chi connectivity index (χ0n) is 15.5. The highest BCUT2D eigenvalue weighted by Crippen LogP contribution is 2.35. The third-order valence-electron chi connectivity index (χ3n) is 5.56. The van der Waals surface area contributed by atoms with Gasteiger partial charge in [-0.15, -0.1) is 11.8 Å². The van der Waals surface area contributed by atoms with Crippen LogP contribution in [0, 0.1) is 5.92 Å². The van der Waals surface area contributed by atoms with Crippen LogP contribution in [0.4, 0.5) is 11.4 Å². The molecule has 1 fully saturated rings. The number of anilines is 2. The van der Waals surface area contributed by atoms with Gasteiger partial charge in [0, 0.05) is 28.7 Å². The van der Waals surface area contributed by atoms with Crippen molar-refractivity contribution in [1.82, 2.24) is 0 Å². The van der Waals surface area contributed by atoms with Gasteiger partial charge in [-0.05, 0) is 55.3 Å². The molecule has 2 amide bonds. The number of nitrogens with zero attached hydrogens (tertiary/aromatic N) is 1. The minimum Gasteiger partial charge on any atom is -0.322 e. The lowest BCUT2D eigenvalue weighted by atomic mass is 10.1. The number of rotatable bonds is 4. The molecule has 0 aromatic heterocycles. The first-order chi connectivity index (χ1) is 13.2. The molecular weight excluding hydrogens is 356 g/mol. The van der Waals surface area contributed by atoms with Crippen LogP contribution < -0.4 is 10.2 Å². The molecular formula is C22H24N2O2S. The number of hydrogen-bond acceptors (Lipinski definition) is 3. The maximum Gasteiger partial charge on any atom is 0.256 e. The van der Waals surface area contributed by atoms with Crippen molar-refractivity contribution in [2.75, 3.05) is 23.0 Å². The van der Waals surface area contributed by atoms with E-state index in [0.29, 0.717) is 5.56 Å². The Kier molecular flexibility index (Phi) is 5.21. The van der Waals surface area contributed by atoms with Crippen LogP contribution in [0.5, 0.6) is 0 Å². The van der Waals surface area contributed by atoms with E-state index in [1.54, 1.807) is 11.8 Å². The van der Waals surface area contributed by atoms with Crippen molar-refractivity contribution in [2.24, 2.45) is 5.92 Å². The minimum atomic E-state index is -0.119. The molecule has 27 heavy (non-hydrogen) atoms. The number of thioether (sulfide) groups is 1. The van der Waals surface area contributed by atoms with Crippen LogP contribution in [0.25, 0.3) is 0 Å². The fourth-order valence-corrected chi connectivity index (χ4v) is 4.71. The quantitative estimate of drug-likeness (QED) is 0.780. The second-order valence-corrected chi connectivity index (χ2v) is 8.07. The lowest BCUT2D eigenvalue weighted by Gasteiger charge is -2.21. The number of carbonyl (C=O) groups is 2. The molecule has 0 radical (unpaired) electrons. The Morgan fingerprint density at radius 1 is 1.11 bits per heavy atom. The molecule has 0 saturated heterocycles. The predicted molar refractivity (Wildman–Crippen MR) is 111 cm³/mol. The molecule has 4 nitrogen and oxygen atoms in total. The third-order valence-corrected chi connectivity index (χ3v) is 6.36. The van der Waals surface area contributed by atoms with E-state index in [0.717, 1.165) is 54.9 Å². The monoisotopic (exact) mass is 380 g/mol. The van der Waals surface area contributed by atoms with Crippen LogP contribution in [-0.4, -0.2) is 24.6 Å². The van der Waals surface area contributed by atoms with Crippen LogP contribution in [-0.2, 0) is 11.2 Å². The van der Waals surface area contributed by atoms with E-state index in [1.165, 1.54) is 5.56 Å². The highest BCUT2D eigenvalue weighted by Gasteiger charge is 2.32. The lowest BCUT2D eigenvalue weighted by molar-refractivity contribution is -0.122. The Labute approximate surface area is 164 Å². The van der Waals surface area contributed by atoms with Gasteiger partial charge >= 0.3 is 0 Å². The van der Waals surface area contributed by atoms with Crippen LogP contribution in [0.15, 0.2) is 47.4 Å². The van der Waals surface area contributed by atoms with Crippen molar-refractivity contribution in [3.8, 4) is 0 Å². The predicted octanol–water partition coefficient (Wildman–Crippen LogP) is 4.74. The third kappa shape index (κ3) is 3.61. The molecule has 1 aliphatic heterocycles. The summed E-state index contributed by atoms with van der Waals surface area (Å²) in [5.74, 6) is 0.302. The van der Waals surface area contributed by atoms with E-state index in [1.807, 2.05) is 53.6 Å². The molecule has 2 aromatic rings. The van der Waals surface area contributed by atoms with Gasteiger partial charge in [-0.3, -0.25) is 9.59 Å². The second-order valence-electron chi connectivity index (χ2n) is 7.22. The minimum absolute atomic E-state index is 0.119. The van der Waals surface area contributed by atoms with Crippen molar-refractivity contribution >= 4 is 35.0 Å². The molecule has 1 N–H and O–H groups in total. The molecule has 2 aromatic carbocycles. The van der Waals surface area contributed by atoms with Crippen molar-refractivity contribution in [2.45, 2.75) is 37.0 Å². The molecule has 1 heterocycles. The summed E-state index contributed by atoms with van der Waals surface area (Å²) in [6.07, 6.45) is 7.18. The van der Waals surface area contributed by atoms with Gasteiger partial charge in [0.25, 0.3) is 5.91 Å². The largest absolute Gasteiger partial charge is 0.322 e. The van der Waals surface area contributed by atoms with Crippen LogP contribution >= 0.6 is 11.8 Å². The molecule has 0 atom stereocenters. The van der Waals surface area contributed by atoms with Gasteiger partial charge in [0.15, 0.2) is 0 Å². The summed E-state index contributed by atoms with van der Waals surface area (Å²) in [6, 6.07) is 13.5. The van der Waals surface area contributed by atoms with E-state index in [2.05, 4.69) is 5.32 Å². The van der Waals surface area contributed by atoms with Crippen LogP contribution in [0.3, 0.4) is 0 Å². The van der Waals surface area contributed by atoms with E-state index in [-0.39, 0.29) is 17.7 Å². The maximum absolute atomic E-state index is 12.9. The summed E-state index contributed by atoms with van der Waals surface area (Å²) in [7, 11) is 0. The van der Waals surface area contributed by atoms with E-state index in [4.69, 9.17) is 0 Å². The summed E-state index contributed by atoms with van der Waals surface area (Å²) < 4.78 is 0. The van der Waals surface area contributed by atoms with Crippen LogP contribution in [0.2, 0.25) is 0 Å². The molecule has 1 saturated carbocycles. The number of carbonyl (C=O) groups excluding carboxylic acids is 2. The van der Waals surface area contributed by atoms with Crippen LogP contribution in [0.1, 0.15) is 41.6 Å². The first kappa shape index (κ1) is 18.1. The van der Waals surface area contributed by atoms with E-state index in [9.17, 15) is 9.59 Å². The topological polar surface area (TPSA) is 49.4 Å². The lowest BCUT2D eigenvalue weighted by Crippen LogP contribution is -2.33. The zero-order chi connectivity index (χ0) is 18.8. The first-order valence-electron chi connectivity index (χ1n) is 9.56. The Morgan fingerprint density at radius 3 is 2.67 bits per heavy atom. The summed E-state index contributed by atoms with van der Waals surface area (Å²) >= 11 is 1.56. The molecule has 1 aliphatic carbocycles. The molecule has 0 bridgehead atoms. The highest BCUT2D eigenvalue weighted by molar-refractivity contribution is 7.98. The van der Waals surface area contributed by atoms with Gasteiger partial charge in [0.2, 0.25) is 5.91 Å². The second kappa shape index (κ2) is 7.77. The Hall–Kier alpha value is -2.27. The molecule has 5 heteroatoms. The average molecular weight is 381 g/mol. The van der Waals surface area contributed by atoms with Gasteiger partial charge in [-0.1, -0.05) is 31.0 Å². The highest BCUT2D eigenvalue weighted by atomic mass is 32.2. The van der Waals surface area contributed by atoms with Gasteiger partial charge in [0.05, 0.1) is 5.56 Å². The number of fused-ring (bicyclic) bond motifs is 1. The van der Waals surface area contributed by atoms with Gasteiger partial charge < -0.3 is 10.2 Å². The SMILES string of the molecule is CSc1ccccc1C(=O)Nc1ccc2c(c1)N(C(=O)C1CCCC1)CC2. The van der Waals surface area contributed by atoms with E-state index < -0.39 is 0 Å². The maximum atomic E-state index is 12.9. The first-order valence-corrected chi connectivity index (χ1v) is 10.8. The Balaban J connectivity index is 1.55. The fraction of sp³-hybridized carbons (Fsp3) is 0.364. The molecule has 0 unspecified atom stereocenters. The van der Waals surface area contributed by atoms with E-state index >= 15 is 0 Å². The zero-order valence-corrected chi connectivity index (χ0v) is 16.3. The van der Waals surface area contributed by atoms with Crippen molar-refractivity contribution < 1.29 is 9.59 Å². The number of amides is 2. The van der Waals surface area contributed by atoms with Gasteiger partial charge in [0.1, 0.15) is 0 Å². The fourth-order valence-electron chi connectivity index (χ4n) is 4.11. The summed E-state index contributed by atoms with van der Waals surface area (Å²) in [6.45, 7) is 0.747. The smallest absolute Gasteiger partial charge is 0.256 e.